The maximum Gasteiger partial charge on any atom is 0.232 e. The maximum absolute atomic E-state index is 12.2. The molecule has 2 aromatic carbocycles. The predicted molar refractivity (Wildman–Crippen MR) is 116 cm³/mol. The minimum Gasteiger partial charge on any atom is -0.356 e. The van der Waals surface area contributed by atoms with E-state index in [0.29, 0.717) is 35.7 Å². The summed E-state index contributed by atoms with van der Waals surface area (Å²) < 4.78 is 25.6. The van der Waals surface area contributed by atoms with Crippen LogP contribution in [0.25, 0.3) is 0 Å². The van der Waals surface area contributed by atoms with E-state index in [1.165, 1.54) is 11.2 Å². The molecule has 0 radical (unpaired) electrons. The van der Waals surface area contributed by atoms with Gasteiger partial charge < -0.3 is 5.32 Å². The second-order valence-electron chi connectivity index (χ2n) is 6.77. The zero-order valence-electron chi connectivity index (χ0n) is 16.5. The van der Waals surface area contributed by atoms with E-state index in [1.807, 2.05) is 12.1 Å². The van der Waals surface area contributed by atoms with Gasteiger partial charge in [0.2, 0.25) is 15.9 Å². The molecule has 0 aliphatic rings. The van der Waals surface area contributed by atoms with Gasteiger partial charge in [-0.25, -0.2) is 8.42 Å². The fourth-order valence-corrected chi connectivity index (χ4v) is 3.92. The Morgan fingerprint density at radius 2 is 1.79 bits per heavy atom. The molecule has 1 N–H and O–H groups in total. The number of rotatable bonds is 10. The number of amides is 1. The van der Waals surface area contributed by atoms with E-state index < -0.39 is 10.0 Å². The highest BCUT2D eigenvalue weighted by Gasteiger charge is 2.18. The fraction of sp³-hybridized carbons (Fsp3) is 0.333. The van der Waals surface area contributed by atoms with Crippen molar-refractivity contribution < 1.29 is 18.0 Å². The van der Waals surface area contributed by atoms with Crippen molar-refractivity contribution >= 4 is 39.0 Å². The number of hydrogen-bond acceptors (Lipinski definition) is 4. The largest absolute Gasteiger partial charge is 0.356 e. The molecule has 2 aromatic rings. The smallest absolute Gasteiger partial charge is 0.232 e. The summed E-state index contributed by atoms with van der Waals surface area (Å²) in [5, 5.41) is 3.51. The van der Waals surface area contributed by atoms with Crippen LogP contribution in [0, 0.1) is 0 Å². The lowest BCUT2D eigenvalue weighted by atomic mass is 10.1. The average molecular weight is 437 g/mol. The quantitative estimate of drug-likeness (QED) is 0.578. The maximum atomic E-state index is 12.2. The van der Waals surface area contributed by atoms with Gasteiger partial charge in [0.15, 0.2) is 5.78 Å². The van der Waals surface area contributed by atoms with E-state index in [1.54, 1.807) is 36.4 Å². The molecule has 0 unspecified atom stereocenters. The van der Waals surface area contributed by atoms with Crippen LogP contribution in [0.1, 0.15) is 35.7 Å². The van der Waals surface area contributed by atoms with Gasteiger partial charge in [-0.1, -0.05) is 35.9 Å². The summed E-state index contributed by atoms with van der Waals surface area (Å²) in [7, 11) is -3.54. The topological polar surface area (TPSA) is 83.6 Å². The Morgan fingerprint density at radius 1 is 1.10 bits per heavy atom. The van der Waals surface area contributed by atoms with E-state index in [0.717, 1.165) is 11.8 Å². The molecule has 2 rings (SSSR count). The monoisotopic (exact) mass is 436 g/mol. The number of carbonyl (C=O) groups is 2. The molecule has 0 atom stereocenters. The molecule has 6 nitrogen and oxygen atoms in total. The van der Waals surface area contributed by atoms with E-state index in [9.17, 15) is 18.0 Å². The SMILES string of the molecule is CC(=O)c1cccc(N(CCCC(=O)NCCc2ccc(Cl)cc2)S(C)(=O)=O)c1. The van der Waals surface area contributed by atoms with Gasteiger partial charge in [0, 0.05) is 30.1 Å². The molecule has 0 heterocycles. The van der Waals surface area contributed by atoms with E-state index in [-0.39, 0.29) is 24.7 Å². The highest BCUT2D eigenvalue weighted by molar-refractivity contribution is 7.92. The first-order chi connectivity index (χ1) is 13.7. The second kappa shape index (κ2) is 10.4. The van der Waals surface area contributed by atoms with Gasteiger partial charge in [0.1, 0.15) is 0 Å². The third-order valence-electron chi connectivity index (χ3n) is 4.36. The van der Waals surface area contributed by atoms with Crippen LogP contribution in [0.4, 0.5) is 5.69 Å². The number of sulfonamides is 1. The van der Waals surface area contributed by atoms with Crippen LogP contribution in [0.15, 0.2) is 48.5 Å². The van der Waals surface area contributed by atoms with E-state index >= 15 is 0 Å². The highest BCUT2D eigenvalue weighted by Crippen LogP contribution is 2.20. The number of benzene rings is 2. The van der Waals surface area contributed by atoms with E-state index in [4.69, 9.17) is 11.6 Å². The van der Waals surface area contributed by atoms with Crippen LogP contribution in [0.2, 0.25) is 5.02 Å². The number of nitrogens with one attached hydrogen (secondary N) is 1. The normalized spacial score (nSPS) is 11.1. The van der Waals surface area contributed by atoms with Gasteiger partial charge in [-0.15, -0.1) is 0 Å². The lowest BCUT2D eigenvalue weighted by molar-refractivity contribution is -0.121. The van der Waals surface area contributed by atoms with Crippen LogP contribution in [-0.4, -0.2) is 39.5 Å². The molecular weight excluding hydrogens is 412 g/mol. The second-order valence-corrected chi connectivity index (χ2v) is 9.11. The van der Waals surface area contributed by atoms with Crippen molar-refractivity contribution in [3.63, 3.8) is 0 Å². The Morgan fingerprint density at radius 3 is 2.41 bits per heavy atom. The van der Waals surface area contributed by atoms with Crippen LogP contribution < -0.4 is 9.62 Å². The van der Waals surface area contributed by atoms with Crippen molar-refractivity contribution in [1.29, 1.82) is 0 Å². The fourth-order valence-electron chi connectivity index (χ4n) is 2.84. The molecule has 0 bridgehead atoms. The Labute approximate surface area is 176 Å². The van der Waals surface area contributed by atoms with Gasteiger partial charge in [-0.2, -0.15) is 0 Å². The molecule has 29 heavy (non-hydrogen) atoms. The van der Waals surface area contributed by atoms with E-state index in [2.05, 4.69) is 5.32 Å². The third kappa shape index (κ3) is 7.51. The summed E-state index contributed by atoms with van der Waals surface area (Å²) in [6.07, 6.45) is 2.37. The predicted octanol–water partition coefficient (Wildman–Crippen LogP) is 3.45. The van der Waals surface area contributed by atoms with Crippen LogP contribution >= 0.6 is 11.6 Å². The zero-order valence-corrected chi connectivity index (χ0v) is 18.1. The molecule has 8 heteroatoms. The van der Waals surface area contributed by atoms with Crippen LogP contribution in [0.5, 0.6) is 0 Å². The molecule has 156 valence electrons. The van der Waals surface area contributed by atoms with Crippen molar-refractivity contribution in [2.45, 2.75) is 26.2 Å². The summed E-state index contributed by atoms with van der Waals surface area (Å²) in [6, 6.07) is 13.9. The van der Waals surface area contributed by atoms with Gasteiger partial charge in [-0.3, -0.25) is 13.9 Å². The number of carbonyl (C=O) groups excluding carboxylic acids is 2. The number of Topliss-reactive ketones (excluding diaryl/α,β-unsaturated/α-hetero) is 1. The lowest BCUT2D eigenvalue weighted by Crippen LogP contribution is -2.32. The molecular formula is C21H25ClN2O4S. The number of ketones is 1. The van der Waals surface area contributed by atoms with Crippen molar-refractivity contribution in [2.24, 2.45) is 0 Å². The number of hydrogen-bond donors (Lipinski definition) is 1. The summed E-state index contributed by atoms with van der Waals surface area (Å²) in [6.45, 7) is 2.08. The third-order valence-corrected chi connectivity index (χ3v) is 5.80. The summed E-state index contributed by atoms with van der Waals surface area (Å²) in [5.74, 6) is -0.273. The first kappa shape index (κ1) is 22.9. The number of halogens is 1. The molecule has 0 fully saturated rings. The summed E-state index contributed by atoms with van der Waals surface area (Å²) in [4.78, 5) is 23.6. The van der Waals surface area contributed by atoms with Crippen molar-refractivity contribution in [3.8, 4) is 0 Å². The van der Waals surface area contributed by atoms with Crippen LogP contribution in [-0.2, 0) is 21.2 Å². The van der Waals surface area contributed by atoms with Crippen molar-refractivity contribution in [2.75, 3.05) is 23.7 Å². The zero-order chi connectivity index (χ0) is 21.4. The molecule has 0 saturated carbocycles. The summed E-state index contributed by atoms with van der Waals surface area (Å²) >= 11 is 5.85. The van der Waals surface area contributed by atoms with Crippen molar-refractivity contribution in [3.05, 3.63) is 64.7 Å². The molecule has 0 aliphatic heterocycles. The van der Waals surface area contributed by atoms with Gasteiger partial charge in [-0.05, 0) is 49.6 Å². The Kier molecular flexibility index (Phi) is 8.22. The van der Waals surface area contributed by atoms with Crippen molar-refractivity contribution in [1.82, 2.24) is 5.32 Å². The van der Waals surface area contributed by atoms with Gasteiger partial charge >= 0.3 is 0 Å². The lowest BCUT2D eigenvalue weighted by Gasteiger charge is -2.22. The number of anilines is 1. The first-order valence-corrected chi connectivity index (χ1v) is 11.5. The van der Waals surface area contributed by atoms with Crippen LogP contribution in [0.3, 0.4) is 0 Å². The highest BCUT2D eigenvalue weighted by atomic mass is 35.5. The molecule has 0 aliphatic carbocycles. The van der Waals surface area contributed by atoms with Gasteiger partial charge in [0.05, 0.1) is 11.9 Å². The number of nitrogens with zero attached hydrogens (tertiary/aromatic N) is 1. The van der Waals surface area contributed by atoms with Gasteiger partial charge in [0.25, 0.3) is 0 Å². The average Bonchev–Trinajstić information content (AvgIpc) is 2.66. The minimum atomic E-state index is -3.54. The molecule has 0 spiro atoms. The minimum absolute atomic E-state index is 0.134. The Balaban J connectivity index is 1.86. The Bertz CT molecular complexity index is 959. The molecule has 0 aromatic heterocycles. The first-order valence-electron chi connectivity index (χ1n) is 9.26. The molecule has 0 saturated heterocycles. The standard InChI is InChI=1S/C21H25ClN2O4S/c1-16(25)18-5-3-6-20(15-18)24(29(2,27)28)14-4-7-21(26)23-13-12-17-8-10-19(22)11-9-17/h3,5-6,8-11,15H,4,7,12-14H2,1-2H3,(H,23,26). The molecule has 1 amide bonds. The Hall–Kier alpha value is -2.38. The summed E-state index contributed by atoms with van der Waals surface area (Å²) in [5.41, 5.74) is 1.93.